The van der Waals surface area contributed by atoms with Crippen LogP contribution in [0.2, 0.25) is 0 Å². The Morgan fingerprint density at radius 1 is 0.963 bits per heavy atom. The molecule has 5 nitrogen and oxygen atoms in total. The first-order chi connectivity index (χ1) is 13.0. The molecule has 0 aliphatic heterocycles. The first-order valence-electron chi connectivity index (χ1n) is 7.99. The maximum atomic E-state index is 13.7. The molecule has 2 aromatic carbocycles. The molecule has 0 aliphatic rings. The molecular formula is C19H15F3N4O. The van der Waals surface area contributed by atoms with Gasteiger partial charge in [-0.05, 0) is 29.8 Å². The van der Waals surface area contributed by atoms with Gasteiger partial charge >= 0.3 is 0 Å². The van der Waals surface area contributed by atoms with E-state index in [0.717, 1.165) is 17.7 Å². The van der Waals surface area contributed by atoms with Crippen molar-refractivity contribution >= 4 is 17.4 Å². The highest BCUT2D eigenvalue weighted by Crippen LogP contribution is 2.22. The Labute approximate surface area is 153 Å². The lowest BCUT2D eigenvalue weighted by Crippen LogP contribution is -2.27. The summed E-state index contributed by atoms with van der Waals surface area (Å²) in [5.74, 6) is -4.48. The predicted molar refractivity (Wildman–Crippen MR) is 93.9 cm³/mol. The zero-order valence-electron chi connectivity index (χ0n) is 14.3. The van der Waals surface area contributed by atoms with Crippen LogP contribution in [-0.2, 0) is 6.54 Å². The van der Waals surface area contributed by atoms with Crippen LogP contribution in [0.3, 0.4) is 0 Å². The number of aromatic nitrogens is 2. The van der Waals surface area contributed by atoms with Crippen LogP contribution >= 0.6 is 0 Å². The van der Waals surface area contributed by atoms with Crippen LogP contribution in [0.1, 0.15) is 16.1 Å². The smallest absolute Gasteiger partial charge is 0.274 e. The first kappa shape index (κ1) is 18.4. The number of carbonyl (C=O) groups is 1. The molecule has 8 heteroatoms. The topological polar surface area (TPSA) is 58.1 Å². The Kier molecular flexibility index (Phi) is 5.35. The lowest BCUT2D eigenvalue weighted by atomic mass is 10.2. The third-order valence-corrected chi connectivity index (χ3v) is 3.79. The van der Waals surface area contributed by atoms with E-state index in [1.807, 2.05) is 30.3 Å². The number of benzene rings is 2. The molecule has 3 aromatic rings. The summed E-state index contributed by atoms with van der Waals surface area (Å²) in [5.41, 5.74) is 0.779. The van der Waals surface area contributed by atoms with Crippen molar-refractivity contribution < 1.29 is 18.0 Å². The average molecular weight is 372 g/mol. The minimum absolute atomic E-state index is 0.0853. The summed E-state index contributed by atoms with van der Waals surface area (Å²) < 4.78 is 39.9. The summed E-state index contributed by atoms with van der Waals surface area (Å²) in [6, 6.07) is 14.1. The normalized spacial score (nSPS) is 10.5. The monoisotopic (exact) mass is 372 g/mol. The second-order valence-corrected chi connectivity index (χ2v) is 5.80. The van der Waals surface area contributed by atoms with E-state index in [4.69, 9.17) is 0 Å². The Morgan fingerprint density at radius 2 is 1.70 bits per heavy atom. The number of carbonyl (C=O) groups excluding carboxylic acids is 1. The molecule has 0 fully saturated rings. The summed E-state index contributed by atoms with van der Waals surface area (Å²) in [7, 11) is 1.64. The first-order valence-corrected chi connectivity index (χ1v) is 7.99. The lowest BCUT2D eigenvalue weighted by Gasteiger charge is -2.16. The molecule has 0 spiro atoms. The summed E-state index contributed by atoms with van der Waals surface area (Å²) in [6.45, 7) is 0.404. The van der Waals surface area contributed by atoms with Gasteiger partial charge < -0.3 is 10.2 Å². The number of rotatable bonds is 5. The molecule has 138 valence electrons. The van der Waals surface area contributed by atoms with Gasteiger partial charge in [0.05, 0.1) is 5.69 Å². The van der Waals surface area contributed by atoms with Crippen LogP contribution in [0.25, 0.3) is 0 Å². The SMILES string of the molecule is CN(Cc1ccccc1)C(=O)c1ccc(Nc2ccc(F)c(F)c2F)nn1. The van der Waals surface area contributed by atoms with Gasteiger partial charge in [-0.25, -0.2) is 13.2 Å². The van der Waals surface area contributed by atoms with Gasteiger partial charge in [0.25, 0.3) is 5.91 Å². The fourth-order valence-electron chi connectivity index (χ4n) is 2.40. The third-order valence-electron chi connectivity index (χ3n) is 3.79. The molecule has 1 heterocycles. The molecule has 1 amide bonds. The van der Waals surface area contributed by atoms with E-state index in [0.29, 0.717) is 6.54 Å². The van der Waals surface area contributed by atoms with Crippen LogP contribution in [0, 0.1) is 17.5 Å². The van der Waals surface area contributed by atoms with Crippen molar-refractivity contribution in [1.82, 2.24) is 15.1 Å². The van der Waals surface area contributed by atoms with Crippen molar-refractivity contribution in [3.8, 4) is 0 Å². The van der Waals surface area contributed by atoms with Crippen LogP contribution < -0.4 is 5.32 Å². The quantitative estimate of drug-likeness (QED) is 0.690. The van der Waals surface area contributed by atoms with E-state index in [1.54, 1.807) is 7.05 Å². The minimum Gasteiger partial charge on any atom is -0.336 e. The van der Waals surface area contributed by atoms with Crippen molar-refractivity contribution in [1.29, 1.82) is 0 Å². The lowest BCUT2D eigenvalue weighted by molar-refractivity contribution is 0.0778. The largest absolute Gasteiger partial charge is 0.336 e. The minimum atomic E-state index is -1.58. The van der Waals surface area contributed by atoms with Crippen molar-refractivity contribution in [3.05, 3.63) is 83.3 Å². The Bertz CT molecular complexity index is 949. The molecule has 0 atom stereocenters. The van der Waals surface area contributed by atoms with Crippen LogP contribution in [0.5, 0.6) is 0 Å². The molecule has 0 aliphatic carbocycles. The van der Waals surface area contributed by atoms with Gasteiger partial charge in [0.2, 0.25) is 0 Å². The molecule has 3 rings (SSSR count). The van der Waals surface area contributed by atoms with E-state index < -0.39 is 17.5 Å². The van der Waals surface area contributed by atoms with Gasteiger partial charge in [0.15, 0.2) is 29.0 Å². The maximum absolute atomic E-state index is 13.7. The zero-order chi connectivity index (χ0) is 19.4. The zero-order valence-corrected chi connectivity index (χ0v) is 14.3. The van der Waals surface area contributed by atoms with Crippen molar-refractivity contribution in [2.24, 2.45) is 0 Å². The van der Waals surface area contributed by atoms with Gasteiger partial charge in [-0.2, -0.15) is 0 Å². The molecule has 0 bridgehead atoms. The van der Waals surface area contributed by atoms with E-state index in [1.165, 1.54) is 17.0 Å². The number of amides is 1. The molecule has 0 radical (unpaired) electrons. The van der Waals surface area contributed by atoms with Gasteiger partial charge in [-0.1, -0.05) is 30.3 Å². The number of anilines is 2. The van der Waals surface area contributed by atoms with E-state index in [-0.39, 0.29) is 23.1 Å². The Morgan fingerprint density at radius 3 is 2.37 bits per heavy atom. The average Bonchev–Trinajstić information content (AvgIpc) is 2.69. The fraction of sp³-hybridized carbons (Fsp3) is 0.105. The molecule has 0 unspecified atom stereocenters. The Balaban J connectivity index is 1.69. The van der Waals surface area contributed by atoms with E-state index in [9.17, 15) is 18.0 Å². The summed E-state index contributed by atoms with van der Waals surface area (Å²) in [5, 5.41) is 10.1. The van der Waals surface area contributed by atoms with Gasteiger partial charge in [-0.15, -0.1) is 10.2 Å². The highest BCUT2D eigenvalue weighted by Gasteiger charge is 2.16. The van der Waals surface area contributed by atoms with E-state index in [2.05, 4.69) is 15.5 Å². The molecule has 1 N–H and O–H groups in total. The van der Waals surface area contributed by atoms with Gasteiger partial charge in [-0.3, -0.25) is 4.79 Å². The number of hydrogen-bond donors (Lipinski definition) is 1. The molecule has 27 heavy (non-hydrogen) atoms. The maximum Gasteiger partial charge on any atom is 0.274 e. The number of hydrogen-bond acceptors (Lipinski definition) is 4. The number of halogens is 3. The fourth-order valence-corrected chi connectivity index (χ4v) is 2.40. The molecule has 0 saturated carbocycles. The highest BCUT2D eigenvalue weighted by molar-refractivity contribution is 5.92. The molecule has 1 aromatic heterocycles. The van der Waals surface area contributed by atoms with Crippen LogP contribution in [0.4, 0.5) is 24.7 Å². The number of nitrogens with one attached hydrogen (secondary N) is 1. The standard InChI is InChI=1S/C19H15F3N4O/c1-26(11-12-5-3-2-4-6-12)19(27)15-9-10-16(25-24-15)23-14-8-7-13(20)17(21)18(14)22/h2-10H,11H2,1H3,(H,23,25). The second-order valence-electron chi connectivity index (χ2n) is 5.80. The summed E-state index contributed by atoms with van der Waals surface area (Å²) in [4.78, 5) is 13.9. The third kappa shape index (κ3) is 4.22. The van der Waals surface area contributed by atoms with Crippen molar-refractivity contribution in [3.63, 3.8) is 0 Å². The van der Waals surface area contributed by atoms with Crippen molar-refractivity contribution in [2.75, 3.05) is 12.4 Å². The van der Waals surface area contributed by atoms with E-state index >= 15 is 0 Å². The number of nitrogens with zero attached hydrogens (tertiary/aromatic N) is 3. The van der Waals surface area contributed by atoms with Crippen LogP contribution in [0.15, 0.2) is 54.6 Å². The second kappa shape index (κ2) is 7.86. The summed E-state index contributed by atoms with van der Waals surface area (Å²) in [6.07, 6.45) is 0. The van der Waals surface area contributed by atoms with Gasteiger partial charge in [0, 0.05) is 13.6 Å². The van der Waals surface area contributed by atoms with Crippen molar-refractivity contribution in [2.45, 2.75) is 6.54 Å². The molecule has 0 saturated heterocycles. The predicted octanol–water partition coefficient (Wildman–Crippen LogP) is 3.91. The van der Waals surface area contributed by atoms with Gasteiger partial charge in [0.1, 0.15) is 0 Å². The Hall–Kier alpha value is -3.42. The highest BCUT2D eigenvalue weighted by atomic mass is 19.2. The van der Waals surface area contributed by atoms with Crippen LogP contribution in [-0.4, -0.2) is 28.1 Å². The molecular weight excluding hydrogens is 357 g/mol. The summed E-state index contributed by atoms with van der Waals surface area (Å²) >= 11 is 0.